The number of amides is 2. The Morgan fingerprint density at radius 2 is 1.77 bits per heavy atom. The highest BCUT2D eigenvalue weighted by molar-refractivity contribution is 7.91. The van der Waals surface area contributed by atoms with Crippen molar-refractivity contribution < 1.29 is 31.2 Å². The van der Waals surface area contributed by atoms with Crippen LogP contribution in [0.1, 0.15) is 30.9 Å². The zero-order valence-electron chi connectivity index (χ0n) is 16.7. The molecule has 2 amide bonds. The quantitative estimate of drug-likeness (QED) is 0.720. The van der Waals surface area contributed by atoms with Crippen LogP contribution in [0.5, 0.6) is 0 Å². The molecule has 0 unspecified atom stereocenters. The maximum atomic E-state index is 12.6. The van der Waals surface area contributed by atoms with Gasteiger partial charge in [0.2, 0.25) is 11.8 Å². The standard InChI is InChI=1S/C21H21F3N2O4S/c1-2-20(28)26-11-9-14-13-17(7-8-18(14)26)31(29,30)12-10-19(27)25-16-5-3-15(4-6-16)21(22,23)24/h3-8,13H,2,9-12H2,1H3,(H,25,27). The predicted molar refractivity (Wildman–Crippen MR) is 110 cm³/mol. The summed E-state index contributed by atoms with van der Waals surface area (Å²) in [6, 6.07) is 8.45. The first-order valence-electron chi connectivity index (χ1n) is 9.64. The normalized spacial score (nSPS) is 13.7. The predicted octanol–water partition coefficient (Wildman–Crippen LogP) is 3.81. The fourth-order valence-corrected chi connectivity index (χ4v) is 4.62. The van der Waals surface area contributed by atoms with E-state index in [4.69, 9.17) is 0 Å². The minimum Gasteiger partial charge on any atom is -0.326 e. The molecule has 0 fully saturated rings. The van der Waals surface area contributed by atoms with Crippen LogP contribution in [0, 0.1) is 0 Å². The first kappa shape index (κ1) is 22.8. The summed E-state index contributed by atoms with van der Waals surface area (Å²) in [5.41, 5.74) is 0.764. The summed E-state index contributed by atoms with van der Waals surface area (Å²) in [7, 11) is -3.75. The Hall–Kier alpha value is -2.88. The fourth-order valence-electron chi connectivity index (χ4n) is 3.33. The molecule has 0 spiro atoms. The number of carbonyl (C=O) groups excluding carboxylic acids is 2. The Labute approximate surface area is 178 Å². The van der Waals surface area contributed by atoms with E-state index in [-0.39, 0.29) is 22.9 Å². The molecule has 0 aliphatic carbocycles. The van der Waals surface area contributed by atoms with E-state index < -0.39 is 33.2 Å². The summed E-state index contributed by atoms with van der Waals surface area (Å²) >= 11 is 0. The van der Waals surface area contributed by atoms with Gasteiger partial charge in [0.25, 0.3) is 0 Å². The summed E-state index contributed by atoms with van der Waals surface area (Å²) in [5, 5.41) is 2.40. The molecule has 0 saturated carbocycles. The monoisotopic (exact) mass is 454 g/mol. The van der Waals surface area contributed by atoms with Gasteiger partial charge in [0.1, 0.15) is 0 Å². The molecule has 0 atom stereocenters. The number of carbonyl (C=O) groups is 2. The van der Waals surface area contributed by atoms with Gasteiger partial charge in [0, 0.05) is 30.8 Å². The molecule has 31 heavy (non-hydrogen) atoms. The third-order valence-electron chi connectivity index (χ3n) is 5.00. The largest absolute Gasteiger partial charge is 0.416 e. The molecule has 0 bridgehead atoms. The Morgan fingerprint density at radius 1 is 1.10 bits per heavy atom. The summed E-state index contributed by atoms with van der Waals surface area (Å²) in [6.07, 6.45) is -3.92. The van der Waals surface area contributed by atoms with Crippen molar-refractivity contribution in [3.63, 3.8) is 0 Å². The number of halogens is 3. The molecular weight excluding hydrogens is 433 g/mol. The average Bonchev–Trinajstić information content (AvgIpc) is 3.15. The van der Waals surface area contributed by atoms with E-state index in [1.165, 1.54) is 12.1 Å². The number of alkyl halides is 3. The SMILES string of the molecule is CCC(=O)N1CCc2cc(S(=O)(=O)CCC(=O)Nc3ccc(C(F)(F)F)cc3)ccc21. The van der Waals surface area contributed by atoms with Crippen molar-refractivity contribution in [3.8, 4) is 0 Å². The van der Waals surface area contributed by atoms with Gasteiger partial charge in [-0.3, -0.25) is 9.59 Å². The number of fused-ring (bicyclic) bond motifs is 1. The molecule has 166 valence electrons. The van der Waals surface area contributed by atoms with Crippen LogP contribution in [0.2, 0.25) is 0 Å². The van der Waals surface area contributed by atoms with Gasteiger partial charge in [-0.15, -0.1) is 0 Å². The third kappa shape index (κ3) is 5.25. The van der Waals surface area contributed by atoms with Gasteiger partial charge < -0.3 is 10.2 Å². The zero-order chi connectivity index (χ0) is 22.8. The Kier molecular flexibility index (Phi) is 6.40. The molecule has 6 nitrogen and oxygen atoms in total. The van der Waals surface area contributed by atoms with Gasteiger partial charge in [0.05, 0.1) is 16.2 Å². The molecule has 0 saturated heterocycles. The highest BCUT2D eigenvalue weighted by atomic mass is 32.2. The average molecular weight is 454 g/mol. The number of anilines is 2. The number of hydrogen-bond donors (Lipinski definition) is 1. The number of hydrogen-bond acceptors (Lipinski definition) is 4. The van der Waals surface area contributed by atoms with Crippen molar-refractivity contribution in [1.82, 2.24) is 0 Å². The lowest BCUT2D eigenvalue weighted by Crippen LogP contribution is -2.27. The van der Waals surface area contributed by atoms with Gasteiger partial charge >= 0.3 is 6.18 Å². The number of nitrogens with one attached hydrogen (secondary N) is 1. The first-order chi connectivity index (χ1) is 14.5. The lowest BCUT2D eigenvalue weighted by molar-refractivity contribution is -0.137. The fraction of sp³-hybridized carbons (Fsp3) is 0.333. The molecule has 1 heterocycles. The Balaban J connectivity index is 1.62. The second-order valence-corrected chi connectivity index (χ2v) is 9.24. The number of nitrogens with zero attached hydrogens (tertiary/aromatic N) is 1. The molecule has 0 radical (unpaired) electrons. The van der Waals surface area contributed by atoms with Gasteiger partial charge in [-0.25, -0.2) is 8.42 Å². The summed E-state index contributed by atoms with van der Waals surface area (Å²) in [4.78, 5) is 25.7. The van der Waals surface area contributed by atoms with Crippen molar-refractivity contribution in [2.24, 2.45) is 0 Å². The van der Waals surface area contributed by atoms with Crippen LogP contribution in [0.4, 0.5) is 24.5 Å². The van der Waals surface area contributed by atoms with Crippen LogP contribution in [-0.2, 0) is 32.0 Å². The van der Waals surface area contributed by atoms with Crippen LogP contribution in [0.15, 0.2) is 47.4 Å². The van der Waals surface area contributed by atoms with E-state index in [2.05, 4.69) is 5.32 Å². The molecule has 1 aliphatic heterocycles. The highest BCUT2D eigenvalue weighted by Crippen LogP contribution is 2.31. The second kappa shape index (κ2) is 8.70. The first-order valence-corrected chi connectivity index (χ1v) is 11.3. The van der Waals surface area contributed by atoms with Crippen LogP contribution < -0.4 is 10.2 Å². The maximum absolute atomic E-state index is 12.6. The molecule has 3 rings (SSSR count). The van der Waals surface area contributed by atoms with Crippen LogP contribution in [0.3, 0.4) is 0 Å². The van der Waals surface area contributed by atoms with E-state index in [9.17, 15) is 31.2 Å². The highest BCUT2D eigenvalue weighted by Gasteiger charge is 2.30. The number of rotatable bonds is 6. The van der Waals surface area contributed by atoms with E-state index in [0.29, 0.717) is 25.1 Å². The summed E-state index contributed by atoms with van der Waals surface area (Å²) in [5.74, 6) is -1.10. The molecule has 2 aromatic rings. The zero-order valence-corrected chi connectivity index (χ0v) is 17.5. The molecule has 0 aromatic heterocycles. The Morgan fingerprint density at radius 3 is 2.39 bits per heavy atom. The number of benzene rings is 2. The van der Waals surface area contributed by atoms with Crippen molar-refractivity contribution in [2.45, 2.75) is 37.3 Å². The number of sulfone groups is 1. The topological polar surface area (TPSA) is 83.6 Å². The van der Waals surface area contributed by atoms with Crippen molar-refractivity contribution in [3.05, 3.63) is 53.6 Å². The van der Waals surface area contributed by atoms with E-state index >= 15 is 0 Å². The van der Waals surface area contributed by atoms with Crippen molar-refractivity contribution in [1.29, 1.82) is 0 Å². The van der Waals surface area contributed by atoms with E-state index in [1.54, 1.807) is 17.9 Å². The molecular formula is C21H21F3N2O4S. The minimum absolute atomic E-state index is 0.0331. The van der Waals surface area contributed by atoms with E-state index in [1.807, 2.05) is 0 Å². The summed E-state index contributed by atoms with van der Waals surface area (Å²) in [6.45, 7) is 2.26. The third-order valence-corrected chi connectivity index (χ3v) is 6.72. The van der Waals surface area contributed by atoms with Crippen molar-refractivity contribution >= 4 is 33.0 Å². The minimum atomic E-state index is -4.48. The van der Waals surface area contributed by atoms with E-state index in [0.717, 1.165) is 29.8 Å². The molecule has 10 heteroatoms. The molecule has 1 N–H and O–H groups in total. The molecule has 2 aromatic carbocycles. The summed E-state index contributed by atoms with van der Waals surface area (Å²) < 4.78 is 63.0. The second-order valence-electron chi connectivity index (χ2n) is 7.13. The lowest BCUT2D eigenvalue weighted by Gasteiger charge is -2.16. The Bertz CT molecular complexity index is 1100. The van der Waals surface area contributed by atoms with Crippen molar-refractivity contribution in [2.75, 3.05) is 22.5 Å². The van der Waals surface area contributed by atoms with Crippen LogP contribution >= 0.6 is 0 Å². The van der Waals surface area contributed by atoms with Gasteiger partial charge in [0.15, 0.2) is 9.84 Å². The lowest BCUT2D eigenvalue weighted by atomic mass is 10.2. The smallest absolute Gasteiger partial charge is 0.326 e. The van der Waals surface area contributed by atoms with Crippen LogP contribution in [-0.4, -0.2) is 32.5 Å². The van der Waals surface area contributed by atoms with Crippen LogP contribution in [0.25, 0.3) is 0 Å². The van der Waals surface area contributed by atoms with Gasteiger partial charge in [-0.2, -0.15) is 13.2 Å². The van der Waals surface area contributed by atoms with Gasteiger partial charge in [-0.1, -0.05) is 6.92 Å². The van der Waals surface area contributed by atoms with Gasteiger partial charge in [-0.05, 0) is 54.4 Å². The maximum Gasteiger partial charge on any atom is 0.416 e. The molecule has 1 aliphatic rings.